The molecule has 1 nitrogen and oxygen atoms in total. The normalized spacial score (nSPS) is 12.2. The quantitative estimate of drug-likeness (QED) is 0.675. The number of rotatable bonds is 3. The Hall–Kier alpha value is 0.0200. The Kier molecular flexibility index (Phi) is 4.91. The third-order valence-electron chi connectivity index (χ3n) is 1.54. The molecule has 0 bridgehead atoms. The topological polar surface area (TPSA) is 17.1 Å². The third-order valence-corrected chi connectivity index (χ3v) is 2.86. The van der Waals surface area contributed by atoms with E-state index in [1.54, 1.807) is 0 Å². The van der Waals surface area contributed by atoms with Crippen molar-refractivity contribution in [3.8, 4) is 0 Å². The first kappa shape index (κ1) is 12.0. The van der Waals surface area contributed by atoms with Gasteiger partial charge in [-0.3, -0.25) is 4.79 Å². The monoisotopic (exact) mass is 188 g/mol. The van der Waals surface area contributed by atoms with Crippen LogP contribution >= 0.6 is 11.8 Å². The van der Waals surface area contributed by atoms with Crippen LogP contribution in [0.25, 0.3) is 0 Å². The molecule has 12 heavy (non-hydrogen) atoms. The Morgan fingerprint density at radius 3 is 2.17 bits per heavy atom. The summed E-state index contributed by atoms with van der Waals surface area (Å²) in [6.45, 7) is 10.3. The van der Waals surface area contributed by atoms with E-state index < -0.39 is 0 Å². The van der Waals surface area contributed by atoms with Crippen molar-refractivity contribution in [2.75, 3.05) is 5.75 Å². The fourth-order valence-corrected chi connectivity index (χ4v) is 1.81. The molecule has 0 saturated carbocycles. The van der Waals surface area contributed by atoms with Crippen molar-refractivity contribution in [3.05, 3.63) is 0 Å². The highest BCUT2D eigenvalue weighted by Crippen LogP contribution is 2.23. The van der Waals surface area contributed by atoms with Crippen LogP contribution in [-0.2, 0) is 4.79 Å². The van der Waals surface area contributed by atoms with Gasteiger partial charge in [0.15, 0.2) is 5.12 Å². The van der Waals surface area contributed by atoms with Gasteiger partial charge in [-0.2, -0.15) is 0 Å². The molecule has 0 rings (SSSR count). The maximum absolute atomic E-state index is 11.4. The lowest BCUT2D eigenvalue weighted by atomic mass is 10.00. The fraction of sp³-hybridized carbons (Fsp3) is 0.900. The average Bonchev–Trinajstić information content (AvgIpc) is 1.84. The van der Waals surface area contributed by atoms with Gasteiger partial charge in [0.1, 0.15) is 0 Å². The Morgan fingerprint density at radius 1 is 1.33 bits per heavy atom. The van der Waals surface area contributed by atoms with Gasteiger partial charge >= 0.3 is 0 Å². The molecular formula is C10H20OS. The van der Waals surface area contributed by atoms with Crippen molar-refractivity contribution in [3.63, 3.8) is 0 Å². The zero-order chi connectivity index (χ0) is 9.78. The molecule has 0 amide bonds. The van der Waals surface area contributed by atoms with Crippen LogP contribution < -0.4 is 0 Å². The molecule has 0 radical (unpaired) electrons. The Balaban J connectivity index is 3.59. The van der Waals surface area contributed by atoms with Gasteiger partial charge < -0.3 is 0 Å². The zero-order valence-electron chi connectivity index (χ0n) is 8.81. The third kappa shape index (κ3) is 5.64. The average molecular weight is 188 g/mol. The number of carbonyl (C=O) groups excluding carboxylic acids is 1. The summed E-state index contributed by atoms with van der Waals surface area (Å²) >= 11 is 1.47. The van der Waals surface area contributed by atoms with Crippen molar-refractivity contribution in [1.82, 2.24) is 0 Å². The largest absolute Gasteiger partial charge is 0.287 e. The summed E-state index contributed by atoms with van der Waals surface area (Å²) < 4.78 is 0. The summed E-state index contributed by atoms with van der Waals surface area (Å²) in [7, 11) is 0. The minimum Gasteiger partial charge on any atom is -0.287 e. The first-order valence-electron chi connectivity index (χ1n) is 4.51. The molecule has 0 heterocycles. The lowest BCUT2D eigenvalue weighted by Crippen LogP contribution is -2.16. The Morgan fingerprint density at radius 2 is 1.83 bits per heavy atom. The standard InChI is InChI=1S/C10H20OS/c1-8(2)6-7-12-9(11)10(3,4)5/h8H,6-7H2,1-5H3. The summed E-state index contributed by atoms with van der Waals surface area (Å²) in [5.41, 5.74) is -0.179. The van der Waals surface area contributed by atoms with E-state index in [1.165, 1.54) is 11.8 Å². The number of thioether (sulfide) groups is 1. The summed E-state index contributed by atoms with van der Waals surface area (Å²) in [6, 6.07) is 0. The second-order valence-corrected chi connectivity index (χ2v) is 5.64. The maximum atomic E-state index is 11.4. The van der Waals surface area contributed by atoms with Crippen LogP contribution in [0.2, 0.25) is 0 Å². The smallest absolute Gasteiger partial charge is 0.194 e. The highest BCUT2D eigenvalue weighted by molar-refractivity contribution is 8.13. The summed E-state index contributed by atoms with van der Waals surface area (Å²) in [6.07, 6.45) is 1.13. The van der Waals surface area contributed by atoms with Crippen LogP contribution in [0.5, 0.6) is 0 Å². The fourth-order valence-electron chi connectivity index (χ4n) is 0.604. The molecule has 0 aromatic carbocycles. The van der Waals surface area contributed by atoms with E-state index in [-0.39, 0.29) is 5.41 Å². The molecule has 72 valence electrons. The molecule has 0 atom stereocenters. The molecule has 0 aliphatic rings. The molecule has 0 aromatic heterocycles. The predicted octanol–water partition coefficient (Wildman–Crippen LogP) is 3.34. The first-order chi connectivity index (χ1) is 5.34. The van der Waals surface area contributed by atoms with Crippen LogP contribution in [0.1, 0.15) is 41.0 Å². The van der Waals surface area contributed by atoms with Gasteiger partial charge in [-0.25, -0.2) is 0 Å². The van der Waals surface area contributed by atoms with Crippen LogP contribution in [0.3, 0.4) is 0 Å². The van der Waals surface area contributed by atoms with Crippen molar-refractivity contribution in [1.29, 1.82) is 0 Å². The summed E-state index contributed by atoms with van der Waals surface area (Å²) in [5, 5.41) is 0.308. The predicted molar refractivity (Wildman–Crippen MR) is 56.4 cm³/mol. The minimum atomic E-state index is -0.179. The van der Waals surface area contributed by atoms with Crippen LogP contribution in [0.4, 0.5) is 0 Å². The van der Waals surface area contributed by atoms with E-state index >= 15 is 0 Å². The van der Waals surface area contributed by atoms with Gasteiger partial charge in [-0.1, -0.05) is 46.4 Å². The molecular weight excluding hydrogens is 168 g/mol. The van der Waals surface area contributed by atoms with E-state index in [1.807, 2.05) is 20.8 Å². The van der Waals surface area contributed by atoms with Gasteiger partial charge in [-0.05, 0) is 12.3 Å². The highest BCUT2D eigenvalue weighted by atomic mass is 32.2. The molecule has 0 unspecified atom stereocenters. The number of hydrogen-bond acceptors (Lipinski definition) is 2. The summed E-state index contributed by atoms with van der Waals surface area (Å²) in [4.78, 5) is 11.4. The van der Waals surface area contributed by atoms with E-state index in [4.69, 9.17) is 0 Å². The van der Waals surface area contributed by atoms with Crippen LogP contribution in [0.15, 0.2) is 0 Å². The van der Waals surface area contributed by atoms with Crippen molar-refractivity contribution >= 4 is 16.9 Å². The van der Waals surface area contributed by atoms with Crippen LogP contribution in [0, 0.1) is 11.3 Å². The second-order valence-electron chi connectivity index (χ2n) is 4.57. The highest BCUT2D eigenvalue weighted by Gasteiger charge is 2.21. The minimum absolute atomic E-state index is 0.179. The molecule has 2 heteroatoms. The molecule has 0 saturated heterocycles. The zero-order valence-corrected chi connectivity index (χ0v) is 9.62. The van der Waals surface area contributed by atoms with Crippen molar-refractivity contribution < 1.29 is 4.79 Å². The van der Waals surface area contributed by atoms with Crippen molar-refractivity contribution in [2.45, 2.75) is 41.0 Å². The lowest BCUT2D eigenvalue weighted by Gasteiger charge is -2.15. The van der Waals surface area contributed by atoms with Crippen molar-refractivity contribution in [2.24, 2.45) is 11.3 Å². The van der Waals surface area contributed by atoms with E-state index in [0.29, 0.717) is 11.0 Å². The lowest BCUT2D eigenvalue weighted by molar-refractivity contribution is -0.117. The Bertz CT molecular complexity index is 144. The molecule has 0 fully saturated rings. The molecule has 0 N–H and O–H groups in total. The molecule has 0 aromatic rings. The molecule has 0 aliphatic heterocycles. The van der Waals surface area contributed by atoms with E-state index in [2.05, 4.69) is 13.8 Å². The van der Waals surface area contributed by atoms with E-state index in [9.17, 15) is 4.79 Å². The number of hydrogen-bond donors (Lipinski definition) is 0. The number of carbonyl (C=O) groups is 1. The van der Waals surface area contributed by atoms with Crippen LogP contribution in [-0.4, -0.2) is 10.9 Å². The van der Waals surface area contributed by atoms with Gasteiger partial charge in [0.05, 0.1) is 0 Å². The maximum Gasteiger partial charge on any atom is 0.194 e. The van der Waals surface area contributed by atoms with Gasteiger partial charge in [0, 0.05) is 11.2 Å². The summed E-state index contributed by atoms with van der Waals surface area (Å²) in [5.74, 6) is 1.67. The van der Waals surface area contributed by atoms with Gasteiger partial charge in [0.2, 0.25) is 0 Å². The van der Waals surface area contributed by atoms with E-state index in [0.717, 1.165) is 12.2 Å². The second kappa shape index (κ2) is 4.90. The molecule has 0 spiro atoms. The first-order valence-corrected chi connectivity index (χ1v) is 5.50. The Labute approximate surface area is 80.3 Å². The van der Waals surface area contributed by atoms with Gasteiger partial charge in [0.25, 0.3) is 0 Å². The van der Waals surface area contributed by atoms with Gasteiger partial charge in [-0.15, -0.1) is 0 Å². The molecule has 0 aliphatic carbocycles. The SMILES string of the molecule is CC(C)CCSC(=O)C(C)(C)C.